The molecule has 8 nitrogen and oxygen atoms in total. The average Bonchev–Trinajstić information content (AvgIpc) is 3.48. The predicted octanol–water partition coefficient (Wildman–Crippen LogP) is 2.64. The molecule has 0 aromatic carbocycles. The molecule has 0 amide bonds. The maximum atomic E-state index is 10.9. The number of imidazole rings is 1. The fourth-order valence-electron chi connectivity index (χ4n) is 3.10. The summed E-state index contributed by atoms with van der Waals surface area (Å²) in [6.07, 6.45) is 13.8. The molecule has 0 N–H and O–H groups in total. The van der Waals surface area contributed by atoms with Crippen LogP contribution in [0.2, 0.25) is 0 Å². The van der Waals surface area contributed by atoms with Crippen LogP contribution in [-0.4, -0.2) is 40.2 Å². The highest BCUT2D eigenvalue weighted by atomic mass is 16.1. The van der Waals surface area contributed by atoms with Crippen LogP contribution in [0.1, 0.15) is 16.1 Å². The first kappa shape index (κ1) is 16.1. The van der Waals surface area contributed by atoms with E-state index >= 15 is 0 Å². The van der Waals surface area contributed by atoms with Gasteiger partial charge >= 0.3 is 0 Å². The van der Waals surface area contributed by atoms with E-state index in [0.29, 0.717) is 12.1 Å². The minimum atomic E-state index is 0.482. The van der Waals surface area contributed by atoms with Crippen LogP contribution in [0.3, 0.4) is 0 Å². The SMILES string of the molecule is O=Cc1ccc2nc(Cn3cc(-c4cncc(-n5cccc5)c4)nn3)cn2c1. The van der Waals surface area contributed by atoms with E-state index in [1.165, 1.54) is 0 Å². The maximum Gasteiger partial charge on any atom is 0.151 e. The van der Waals surface area contributed by atoms with Gasteiger partial charge in [0.25, 0.3) is 0 Å². The molecule has 136 valence electrons. The van der Waals surface area contributed by atoms with E-state index in [9.17, 15) is 4.79 Å². The molecule has 0 fully saturated rings. The summed E-state index contributed by atoms with van der Waals surface area (Å²) in [6, 6.07) is 9.52. The molecule has 5 heterocycles. The molecular weight excluding hydrogens is 354 g/mol. The quantitative estimate of drug-likeness (QED) is 0.445. The molecule has 0 saturated carbocycles. The Bertz CT molecular complexity index is 1270. The summed E-state index contributed by atoms with van der Waals surface area (Å²) in [5.41, 5.74) is 4.82. The van der Waals surface area contributed by atoms with Crippen LogP contribution in [0.25, 0.3) is 22.6 Å². The fourth-order valence-corrected chi connectivity index (χ4v) is 3.10. The van der Waals surface area contributed by atoms with Gasteiger partial charge in [0, 0.05) is 42.1 Å². The Balaban J connectivity index is 1.41. The summed E-state index contributed by atoms with van der Waals surface area (Å²) in [7, 11) is 0. The van der Waals surface area contributed by atoms with Crippen molar-refractivity contribution in [2.24, 2.45) is 0 Å². The highest BCUT2D eigenvalue weighted by molar-refractivity contribution is 5.74. The van der Waals surface area contributed by atoms with Gasteiger partial charge in [-0.05, 0) is 30.3 Å². The van der Waals surface area contributed by atoms with Gasteiger partial charge in [-0.3, -0.25) is 9.78 Å². The van der Waals surface area contributed by atoms with Gasteiger partial charge in [-0.2, -0.15) is 0 Å². The molecule has 0 atom stereocenters. The molecule has 0 bridgehead atoms. The van der Waals surface area contributed by atoms with Crippen molar-refractivity contribution in [3.05, 3.63) is 85.0 Å². The van der Waals surface area contributed by atoms with E-state index in [-0.39, 0.29) is 0 Å². The monoisotopic (exact) mass is 369 g/mol. The summed E-state index contributed by atoms with van der Waals surface area (Å²) >= 11 is 0. The Hall–Kier alpha value is -4.07. The summed E-state index contributed by atoms with van der Waals surface area (Å²) in [4.78, 5) is 19.8. The number of carbonyl (C=O) groups is 1. The zero-order valence-corrected chi connectivity index (χ0v) is 14.8. The smallest absolute Gasteiger partial charge is 0.151 e. The van der Waals surface area contributed by atoms with E-state index < -0.39 is 0 Å². The Labute approximate surface area is 159 Å². The second-order valence-corrected chi connectivity index (χ2v) is 6.40. The van der Waals surface area contributed by atoms with Crippen molar-refractivity contribution in [2.45, 2.75) is 6.54 Å². The molecule has 28 heavy (non-hydrogen) atoms. The second kappa shape index (κ2) is 6.58. The molecule has 5 aromatic heterocycles. The largest absolute Gasteiger partial charge is 0.322 e. The molecule has 8 heteroatoms. The molecule has 0 saturated heterocycles. The van der Waals surface area contributed by atoms with Crippen LogP contribution in [0.15, 0.2) is 73.7 Å². The van der Waals surface area contributed by atoms with E-state index in [1.807, 2.05) is 58.0 Å². The molecule has 0 aliphatic rings. The Morgan fingerprint density at radius 3 is 2.79 bits per heavy atom. The van der Waals surface area contributed by atoms with Gasteiger partial charge < -0.3 is 8.97 Å². The Morgan fingerprint density at radius 2 is 1.93 bits per heavy atom. The van der Waals surface area contributed by atoms with E-state index in [0.717, 1.165) is 34.6 Å². The number of pyridine rings is 2. The van der Waals surface area contributed by atoms with Gasteiger partial charge in [0.1, 0.15) is 11.3 Å². The molecular formula is C20H15N7O. The molecule has 5 aromatic rings. The van der Waals surface area contributed by atoms with Crippen molar-refractivity contribution in [1.29, 1.82) is 0 Å². The number of nitrogens with zero attached hydrogens (tertiary/aromatic N) is 7. The lowest BCUT2D eigenvalue weighted by Crippen LogP contribution is -2.00. The van der Waals surface area contributed by atoms with Crippen LogP contribution in [0.5, 0.6) is 0 Å². The lowest BCUT2D eigenvalue weighted by Gasteiger charge is -2.03. The second-order valence-electron chi connectivity index (χ2n) is 6.40. The van der Waals surface area contributed by atoms with Gasteiger partial charge in [-0.25, -0.2) is 9.67 Å². The first-order chi connectivity index (χ1) is 13.8. The van der Waals surface area contributed by atoms with Gasteiger partial charge in [0.05, 0.1) is 30.3 Å². The molecule has 0 spiro atoms. The minimum Gasteiger partial charge on any atom is -0.322 e. The number of hydrogen-bond acceptors (Lipinski definition) is 5. The number of aldehydes is 1. The van der Waals surface area contributed by atoms with Gasteiger partial charge in [-0.1, -0.05) is 5.21 Å². The lowest BCUT2D eigenvalue weighted by atomic mass is 10.2. The van der Waals surface area contributed by atoms with E-state index in [1.54, 1.807) is 29.3 Å². The van der Waals surface area contributed by atoms with Crippen LogP contribution >= 0.6 is 0 Å². The standard InChI is InChI=1S/C20H15N7O/c28-14-15-3-4-20-22-17(11-26(20)10-15)12-27-13-19(23-24-27)16-7-18(9-21-8-16)25-5-1-2-6-25/h1-11,13-14H,12H2. The predicted molar refractivity (Wildman–Crippen MR) is 102 cm³/mol. The topological polar surface area (TPSA) is 82.9 Å². The first-order valence-electron chi connectivity index (χ1n) is 8.70. The van der Waals surface area contributed by atoms with Crippen molar-refractivity contribution < 1.29 is 4.79 Å². The number of hydrogen-bond donors (Lipinski definition) is 0. The zero-order valence-electron chi connectivity index (χ0n) is 14.8. The third-order valence-electron chi connectivity index (χ3n) is 4.44. The van der Waals surface area contributed by atoms with Crippen molar-refractivity contribution in [3.8, 4) is 16.9 Å². The number of fused-ring (bicyclic) bond motifs is 1. The number of aromatic nitrogens is 7. The number of carbonyl (C=O) groups excluding carboxylic acids is 1. The van der Waals surface area contributed by atoms with Crippen molar-refractivity contribution in [2.75, 3.05) is 0 Å². The van der Waals surface area contributed by atoms with E-state index in [4.69, 9.17) is 0 Å². The average molecular weight is 369 g/mol. The van der Waals surface area contributed by atoms with Crippen LogP contribution < -0.4 is 0 Å². The van der Waals surface area contributed by atoms with Crippen LogP contribution in [-0.2, 0) is 6.54 Å². The van der Waals surface area contributed by atoms with Crippen LogP contribution in [0.4, 0.5) is 0 Å². The summed E-state index contributed by atoms with van der Waals surface area (Å²) in [5.74, 6) is 0. The zero-order chi connectivity index (χ0) is 18.9. The molecule has 5 rings (SSSR count). The van der Waals surface area contributed by atoms with E-state index in [2.05, 4.69) is 20.3 Å². The molecule has 0 radical (unpaired) electrons. The molecule has 0 aliphatic heterocycles. The normalized spacial score (nSPS) is 11.1. The maximum absolute atomic E-state index is 10.9. The molecule has 0 unspecified atom stereocenters. The van der Waals surface area contributed by atoms with Gasteiger partial charge in [0.2, 0.25) is 0 Å². The van der Waals surface area contributed by atoms with Gasteiger partial charge in [0.15, 0.2) is 6.29 Å². The third-order valence-corrected chi connectivity index (χ3v) is 4.44. The lowest BCUT2D eigenvalue weighted by molar-refractivity contribution is 0.112. The highest BCUT2D eigenvalue weighted by Crippen LogP contribution is 2.19. The third kappa shape index (κ3) is 2.96. The van der Waals surface area contributed by atoms with Crippen molar-refractivity contribution >= 4 is 11.9 Å². The van der Waals surface area contributed by atoms with Gasteiger partial charge in [-0.15, -0.1) is 5.10 Å². The summed E-state index contributed by atoms with van der Waals surface area (Å²) < 4.78 is 5.56. The van der Waals surface area contributed by atoms with Crippen molar-refractivity contribution in [1.82, 2.24) is 33.9 Å². The fraction of sp³-hybridized carbons (Fsp3) is 0.0500. The first-order valence-corrected chi connectivity index (χ1v) is 8.70. The van der Waals surface area contributed by atoms with Crippen molar-refractivity contribution in [3.63, 3.8) is 0 Å². The summed E-state index contributed by atoms with van der Waals surface area (Å²) in [5, 5.41) is 8.48. The Kier molecular flexibility index (Phi) is 3.79. The van der Waals surface area contributed by atoms with Crippen LogP contribution in [0, 0.1) is 0 Å². The number of rotatable bonds is 5. The summed E-state index contributed by atoms with van der Waals surface area (Å²) in [6.45, 7) is 0.482. The Morgan fingerprint density at radius 1 is 1.04 bits per heavy atom. The highest BCUT2D eigenvalue weighted by Gasteiger charge is 2.09. The minimum absolute atomic E-state index is 0.482. The molecule has 0 aliphatic carbocycles.